The minimum absolute atomic E-state index is 0.127. The molecule has 0 radical (unpaired) electrons. The average molecular weight is 249 g/mol. The van der Waals surface area contributed by atoms with Crippen LogP contribution in [0.5, 0.6) is 0 Å². The lowest BCUT2D eigenvalue weighted by atomic mass is 9.79. The van der Waals surface area contributed by atoms with Crippen molar-refractivity contribution in [2.75, 3.05) is 5.73 Å². The van der Waals surface area contributed by atoms with E-state index in [1.165, 1.54) is 0 Å². The summed E-state index contributed by atoms with van der Waals surface area (Å²) in [6.07, 6.45) is -0.253. The third kappa shape index (κ3) is 1.85. The van der Waals surface area contributed by atoms with Gasteiger partial charge in [0.25, 0.3) is 0 Å². The Morgan fingerprint density at radius 2 is 1.89 bits per heavy atom. The summed E-state index contributed by atoms with van der Waals surface area (Å²) < 4.78 is 27.3. The van der Waals surface area contributed by atoms with Crippen LogP contribution >= 0.6 is 0 Å². The van der Waals surface area contributed by atoms with Gasteiger partial charge in [-0.2, -0.15) is 5.10 Å². The van der Waals surface area contributed by atoms with Crippen molar-refractivity contribution in [3.63, 3.8) is 0 Å². The summed E-state index contributed by atoms with van der Waals surface area (Å²) in [6, 6.07) is 11.1. The fourth-order valence-electron chi connectivity index (χ4n) is 2.26. The van der Waals surface area contributed by atoms with E-state index in [0.29, 0.717) is 11.5 Å². The molecule has 1 aromatic carbocycles. The SMILES string of the molecule is Nc1cc(C2CC(F)(F)C2)nn1-c1ccccc1. The Labute approximate surface area is 103 Å². The van der Waals surface area contributed by atoms with Crippen molar-refractivity contribution >= 4 is 5.82 Å². The van der Waals surface area contributed by atoms with Gasteiger partial charge >= 0.3 is 0 Å². The molecule has 0 saturated heterocycles. The maximum Gasteiger partial charge on any atom is 0.249 e. The van der Waals surface area contributed by atoms with Crippen molar-refractivity contribution in [2.45, 2.75) is 24.7 Å². The van der Waals surface area contributed by atoms with E-state index in [4.69, 9.17) is 5.73 Å². The molecule has 1 aliphatic carbocycles. The average Bonchev–Trinajstić information content (AvgIpc) is 2.69. The zero-order chi connectivity index (χ0) is 12.8. The van der Waals surface area contributed by atoms with Crippen LogP contribution in [0.4, 0.5) is 14.6 Å². The van der Waals surface area contributed by atoms with Crippen LogP contribution in [0, 0.1) is 0 Å². The van der Waals surface area contributed by atoms with E-state index in [1.807, 2.05) is 30.3 Å². The Hall–Kier alpha value is -1.91. The van der Waals surface area contributed by atoms with E-state index in [1.54, 1.807) is 10.7 Å². The normalized spacial score (nSPS) is 18.6. The zero-order valence-electron chi connectivity index (χ0n) is 9.68. The second-order valence-electron chi connectivity index (χ2n) is 4.70. The first-order chi connectivity index (χ1) is 8.55. The molecule has 0 unspecified atom stereocenters. The van der Waals surface area contributed by atoms with Crippen molar-refractivity contribution in [3.8, 4) is 5.69 Å². The van der Waals surface area contributed by atoms with Gasteiger partial charge in [0.1, 0.15) is 5.82 Å². The highest BCUT2D eigenvalue weighted by Crippen LogP contribution is 2.48. The van der Waals surface area contributed by atoms with Gasteiger partial charge in [-0.05, 0) is 12.1 Å². The minimum Gasteiger partial charge on any atom is -0.384 e. The molecule has 1 saturated carbocycles. The van der Waals surface area contributed by atoms with Crippen LogP contribution < -0.4 is 5.73 Å². The Balaban J connectivity index is 1.88. The van der Waals surface area contributed by atoms with Gasteiger partial charge in [0.05, 0.1) is 11.4 Å². The molecular weight excluding hydrogens is 236 g/mol. The maximum absolute atomic E-state index is 12.8. The van der Waals surface area contributed by atoms with E-state index in [2.05, 4.69) is 5.10 Å². The van der Waals surface area contributed by atoms with Gasteiger partial charge in [-0.1, -0.05) is 18.2 Å². The molecule has 0 aliphatic heterocycles. The first kappa shape index (κ1) is 11.2. The lowest BCUT2D eigenvalue weighted by molar-refractivity contribution is -0.0876. The number of nitrogens with zero attached hydrogens (tertiary/aromatic N) is 2. The minimum atomic E-state index is -2.53. The highest BCUT2D eigenvalue weighted by atomic mass is 19.3. The molecule has 3 rings (SSSR count). The Morgan fingerprint density at radius 3 is 2.50 bits per heavy atom. The number of para-hydroxylation sites is 1. The van der Waals surface area contributed by atoms with Crippen molar-refractivity contribution in [1.82, 2.24) is 9.78 Å². The highest BCUT2D eigenvalue weighted by Gasteiger charge is 2.47. The standard InChI is InChI=1S/C13H13F2N3/c14-13(15)7-9(8-13)11-6-12(16)18(17-11)10-4-2-1-3-5-10/h1-6,9H,7-8,16H2. The molecule has 3 nitrogen and oxygen atoms in total. The van der Waals surface area contributed by atoms with E-state index in [9.17, 15) is 8.78 Å². The van der Waals surface area contributed by atoms with Crippen molar-refractivity contribution in [1.29, 1.82) is 0 Å². The third-order valence-corrected chi connectivity index (χ3v) is 3.26. The van der Waals surface area contributed by atoms with Crippen LogP contribution in [0.3, 0.4) is 0 Å². The second-order valence-corrected chi connectivity index (χ2v) is 4.70. The van der Waals surface area contributed by atoms with Crippen LogP contribution in [0.2, 0.25) is 0 Å². The number of halogens is 2. The van der Waals surface area contributed by atoms with Crippen LogP contribution in [0.15, 0.2) is 36.4 Å². The number of aromatic nitrogens is 2. The maximum atomic E-state index is 12.8. The van der Waals surface area contributed by atoms with E-state index >= 15 is 0 Å². The molecular formula is C13H13F2N3. The Bertz CT molecular complexity index is 555. The fourth-order valence-corrected chi connectivity index (χ4v) is 2.26. The van der Waals surface area contributed by atoms with Gasteiger partial charge in [0, 0.05) is 24.8 Å². The first-order valence-corrected chi connectivity index (χ1v) is 5.84. The molecule has 0 atom stereocenters. The third-order valence-electron chi connectivity index (χ3n) is 3.26. The molecule has 2 aromatic rings. The molecule has 0 spiro atoms. The summed E-state index contributed by atoms with van der Waals surface area (Å²) in [6.45, 7) is 0. The van der Waals surface area contributed by atoms with E-state index < -0.39 is 5.92 Å². The summed E-state index contributed by atoms with van der Waals surface area (Å²) >= 11 is 0. The molecule has 1 fully saturated rings. The molecule has 1 aromatic heterocycles. The molecule has 1 aliphatic rings. The second kappa shape index (κ2) is 3.80. The van der Waals surface area contributed by atoms with Crippen molar-refractivity contribution < 1.29 is 8.78 Å². The smallest absolute Gasteiger partial charge is 0.249 e. The van der Waals surface area contributed by atoms with Gasteiger partial charge in [0.2, 0.25) is 5.92 Å². The fraction of sp³-hybridized carbons (Fsp3) is 0.308. The summed E-state index contributed by atoms with van der Waals surface area (Å²) in [5, 5.41) is 4.33. The number of rotatable bonds is 2. The molecule has 18 heavy (non-hydrogen) atoms. The molecule has 5 heteroatoms. The number of anilines is 1. The number of nitrogens with two attached hydrogens (primary N) is 1. The van der Waals surface area contributed by atoms with E-state index in [-0.39, 0.29) is 18.8 Å². The number of benzene rings is 1. The van der Waals surface area contributed by atoms with Gasteiger partial charge in [-0.15, -0.1) is 0 Å². The van der Waals surface area contributed by atoms with E-state index in [0.717, 1.165) is 5.69 Å². The number of nitrogen functional groups attached to an aromatic ring is 1. The van der Waals surface area contributed by atoms with Gasteiger partial charge in [-0.25, -0.2) is 13.5 Å². The highest BCUT2D eigenvalue weighted by molar-refractivity contribution is 5.43. The molecule has 94 valence electrons. The zero-order valence-corrected chi connectivity index (χ0v) is 9.68. The van der Waals surface area contributed by atoms with Gasteiger partial charge in [-0.3, -0.25) is 0 Å². The van der Waals surface area contributed by atoms with Crippen molar-refractivity contribution in [3.05, 3.63) is 42.1 Å². The Kier molecular flexibility index (Phi) is 2.36. The lowest BCUT2D eigenvalue weighted by Crippen LogP contribution is -2.33. The summed E-state index contributed by atoms with van der Waals surface area (Å²) in [7, 11) is 0. The Morgan fingerprint density at radius 1 is 1.22 bits per heavy atom. The number of alkyl halides is 2. The molecule has 0 bridgehead atoms. The number of hydrogen-bond donors (Lipinski definition) is 1. The first-order valence-electron chi connectivity index (χ1n) is 5.84. The monoisotopic (exact) mass is 249 g/mol. The summed E-state index contributed by atoms with van der Waals surface area (Å²) in [4.78, 5) is 0. The topological polar surface area (TPSA) is 43.8 Å². The summed E-state index contributed by atoms with van der Waals surface area (Å²) in [5.74, 6) is -2.23. The lowest BCUT2D eigenvalue weighted by Gasteiger charge is -2.33. The van der Waals surface area contributed by atoms with Crippen molar-refractivity contribution in [2.24, 2.45) is 0 Å². The van der Waals surface area contributed by atoms with Crippen LogP contribution in [-0.4, -0.2) is 15.7 Å². The predicted octanol–water partition coefficient (Wildman–Crippen LogP) is 2.97. The van der Waals surface area contributed by atoms with Gasteiger partial charge < -0.3 is 5.73 Å². The number of hydrogen-bond acceptors (Lipinski definition) is 2. The molecule has 0 amide bonds. The largest absolute Gasteiger partial charge is 0.384 e. The quantitative estimate of drug-likeness (QED) is 0.889. The summed E-state index contributed by atoms with van der Waals surface area (Å²) in [5.41, 5.74) is 7.37. The van der Waals surface area contributed by atoms with Gasteiger partial charge in [0.15, 0.2) is 0 Å². The van der Waals surface area contributed by atoms with Crippen LogP contribution in [0.1, 0.15) is 24.5 Å². The van der Waals surface area contributed by atoms with Crippen LogP contribution in [-0.2, 0) is 0 Å². The predicted molar refractivity (Wildman–Crippen MR) is 64.9 cm³/mol. The molecule has 1 heterocycles. The molecule has 2 N–H and O–H groups in total. The van der Waals surface area contributed by atoms with Crippen LogP contribution in [0.25, 0.3) is 5.69 Å².